The maximum Gasteiger partial charge on any atom is 0.216 e. The van der Waals surface area contributed by atoms with E-state index in [1.807, 2.05) is 13.8 Å². The van der Waals surface area contributed by atoms with Crippen LogP contribution < -0.4 is 21.9 Å². The number of carbonyl (C=O) groups excluding carboxylic acids is 2. The molecule has 0 bridgehead atoms. The molecule has 38 heteroatoms. The first-order chi connectivity index (χ1) is 44.9. The summed E-state index contributed by atoms with van der Waals surface area (Å²) in [5.41, 5.74) is 11.2. The zero-order valence-electron chi connectivity index (χ0n) is 56.5. The Kier molecular flexibility index (Phi) is 42.3. The number of carboxylic acids is 1. The van der Waals surface area contributed by atoms with Crippen molar-refractivity contribution in [2.75, 3.05) is 33.0 Å². The summed E-state index contributed by atoms with van der Waals surface area (Å²) in [5, 5.41) is 233. The zero-order valence-corrected chi connectivity index (χ0v) is 56.5. The first-order valence-electron chi connectivity index (χ1n) is 32.1. The Balaban J connectivity index is 0.000000556. The molecular weight excluding hydrogens is 1310 g/mol. The average Bonchev–Trinajstić information content (AvgIpc) is 0.898. The lowest BCUT2D eigenvalue weighted by atomic mass is 9.94. The Labute approximate surface area is 562 Å². The molecule has 578 valence electrons. The topological polar surface area (TPSA) is 681 Å². The van der Waals surface area contributed by atoms with Crippen molar-refractivity contribution in [2.24, 2.45) is 11.5 Å². The van der Waals surface area contributed by atoms with Gasteiger partial charge in [-0.1, -0.05) is 0 Å². The van der Waals surface area contributed by atoms with Crippen LogP contribution in [0, 0.1) is 0 Å². The molecule has 0 saturated carbocycles. The van der Waals surface area contributed by atoms with E-state index in [-0.39, 0.29) is 81.9 Å². The molecule has 8 aliphatic heterocycles. The molecule has 1 amide bonds. The van der Waals surface area contributed by atoms with Crippen LogP contribution in [0.2, 0.25) is 0 Å². The van der Waals surface area contributed by atoms with Crippen LogP contribution in [0.15, 0.2) is 0 Å². The largest absolute Gasteiger partial charge is 0.550 e. The van der Waals surface area contributed by atoms with Gasteiger partial charge in [0.2, 0.25) is 5.91 Å². The molecule has 8 aliphatic rings. The van der Waals surface area contributed by atoms with Crippen LogP contribution in [-0.4, -0.2) is 399 Å². The van der Waals surface area contributed by atoms with Crippen LogP contribution in [0.5, 0.6) is 0 Å². The van der Waals surface area contributed by atoms with Gasteiger partial charge in [-0.15, -0.1) is 0 Å². The second-order valence-corrected chi connectivity index (χ2v) is 25.4. The lowest BCUT2D eigenvalue weighted by Crippen LogP contribution is -2.59. The number of amides is 1. The second kappa shape index (κ2) is 44.3. The number of rotatable bonds is 8. The number of aliphatic hydroxyl groups is 24. The van der Waals surface area contributed by atoms with Gasteiger partial charge in [0.05, 0.1) is 130 Å². The van der Waals surface area contributed by atoms with Crippen molar-refractivity contribution in [3.8, 4) is 0 Å². The lowest BCUT2D eigenvalue weighted by molar-refractivity contribution is -0.312. The smallest absolute Gasteiger partial charge is 0.216 e. The summed E-state index contributed by atoms with van der Waals surface area (Å²) in [5.74, 6) is -1.61. The van der Waals surface area contributed by atoms with Gasteiger partial charge >= 0.3 is 0 Å². The number of hydrogen-bond acceptors (Lipinski definition) is 37. The van der Waals surface area contributed by atoms with Gasteiger partial charge in [0, 0.05) is 38.3 Å². The third-order valence-electron chi connectivity index (χ3n) is 17.4. The monoisotopic (exact) mass is 1430 g/mol. The summed E-state index contributed by atoms with van der Waals surface area (Å²) in [6, 6.07) is -0.701. The van der Waals surface area contributed by atoms with Gasteiger partial charge in [-0.05, 0) is 75.7 Å². The van der Waals surface area contributed by atoms with Crippen LogP contribution in [-0.2, 0) is 47.5 Å². The Hall–Kier alpha value is -2.42. The molecular formula is C59H116N3O35-. The number of ether oxygens (including phenoxy) is 8. The van der Waals surface area contributed by atoms with E-state index in [2.05, 4.69) is 5.32 Å². The van der Waals surface area contributed by atoms with E-state index in [9.17, 15) is 117 Å². The third kappa shape index (κ3) is 28.3. The zero-order chi connectivity index (χ0) is 75.1. The van der Waals surface area contributed by atoms with E-state index in [4.69, 9.17) is 69.8 Å². The minimum atomic E-state index is -1.40. The van der Waals surface area contributed by atoms with Crippen molar-refractivity contribution >= 4 is 11.9 Å². The fourth-order valence-corrected chi connectivity index (χ4v) is 10.8. The Bertz CT molecular complexity index is 2020. The highest BCUT2D eigenvalue weighted by Crippen LogP contribution is 2.27. The standard InChI is InChI=1S/C9H17NO5.C8H14O6.C7H15NO3.C7H15NO2.3C7H14O5.C7H14O4/c1-4-7(12)9(14)8(13)6(15-4)3-10-5(2)11;1-3-6(11)8(13)7(12)4(14-3)2-5(9)10;1-3-6(9)5(8)7(10)4(2)11-3;1-4-3-6(8)7(9)5(2)10-4;3*1-3-5(9)7(11)6(10)4(2-8)12-3;1-4-5(9)2-6(10)7(3-8)11-4/h4,6-9,12-14H,3H2,1-2H3,(H,10,11);3-4,6-8,11-13H,2H2,1H3,(H,9,10);3-7,9-10H,8H2,1-2H3;4-7,9H,3,8H2,1-2H3;3*3-11H,2H2,1H3;4-10H,2-3H2,1H3/p-1. The number of aliphatic carboxylic acids is 1. The molecule has 0 radical (unpaired) electrons. The van der Waals surface area contributed by atoms with Crippen LogP contribution >= 0.6 is 0 Å². The number of aliphatic hydroxyl groups excluding tert-OH is 24. The molecule has 0 spiro atoms. The van der Waals surface area contributed by atoms with E-state index in [0.717, 1.165) is 6.42 Å². The molecule has 29 N–H and O–H groups in total. The molecule has 38 nitrogen and oxygen atoms in total. The molecule has 8 rings (SSSR count). The number of nitrogens with two attached hydrogens (primary N) is 2. The summed E-state index contributed by atoms with van der Waals surface area (Å²) in [6.07, 6.45) is -29.5. The summed E-state index contributed by atoms with van der Waals surface area (Å²) in [6.45, 7) is 17.0. The maximum atomic E-state index is 10.7. The highest BCUT2D eigenvalue weighted by molar-refractivity contribution is 5.72. The summed E-state index contributed by atoms with van der Waals surface area (Å²) in [4.78, 5) is 20.9. The molecule has 0 aromatic carbocycles. The van der Waals surface area contributed by atoms with Crippen molar-refractivity contribution < 1.29 is 175 Å². The normalized spacial score (nSPS) is 47.2. The minimum Gasteiger partial charge on any atom is -0.550 e. The predicted molar refractivity (Wildman–Crippen MR) is 328 cm³/mol. The molecule has 0 aromatic rings. The molecule has 8 saturated heterocycles. The molecule has 97 heavy (non-hydrogen) atoms. The average molecular weight is 1430 g/mol. The van der Waals surface area contributed by atoms with Gasteiger partial charge in [0.1, 0.15) is 122 Å². The highest BCUT2D eigenvalue weighted by atomic mass is 16.6. The predicted octanol–water partition coefficient (Wildman–Crippen LogP) is -13.9. The minimum absolute atomic E-state index is 0.112. The molecule has 0 aromatic heterocycles. The Morgan fingerprint density at radius 1 is 0.340 bits per heavy atom. The summed E-state index contributed by atoms with van der Waals surface area (Å²) < 4.78 is 41.0. The van der Waals surface area contributed by atoms with Crippen LogP contribution in [0.25, 0.3) is 0 Å². The van der Waals surface area contributed by atoms with E-state index >= 15 is 0 Å². The summed E-state index contributed by atoms with van der Waals surface area (Å²) >= 11 is 0. The molecule has 37 unspecified atom stereocenters. The van der Waals surface area contributed by atoms with Crippen molar-refractivity contribution in [3.63, 3.8) is 0 Å². The first-order valence-corrected chi connectivity index (χ1v) is 32.1. The fraction of sp³-hybridized carbons (Fsp3) is 0.966. The van der Waals surface area contributed by atoms with E-state index in [1.54, 1.807) is 48.5 Å². The van der Waals surface area contributed by atoms with E-state index < -0.39 is 208 Å². The molecule has 37 atom stereocenters. The Morgan fingerprint density at radius 3 is 0.928 bits per heavy atom. The Morgan fingerprint density at radius 2 is 0.619 bits per heavy atom. The van der Waals surface area contributed by atoms with Gasteiger partial charge < -0.3 is 187 Å². The van der Waals surface area contributed by atoms with Crippen molar-refractivity contribution in [1.82, 2.24) is 5.32 Å². The third-order valence-corrected chi connectivity index (χ3v) is 17.4. The lowest BCUT2D eigenvalue weighted by Gasteiger charge is -2.39. The van der Waals surface area contributed by atoms with E-state index in [0.29, 0.717) is 0 Å². The fourth-order valence-electron chi connectivity index (χ4n) is 10.8. The summed E-state index contributed by atoms with van der Waals surface area (Å²) in [7, 11) is 0. The van der Waals surface area contributed by atoms with Gasteiger partial charge in [-0.2, -0.15) is 0 Å². The number of hydrogen-bond donors (Lipinski definition) is 27. The number of carboxylic acid groups (broad SMARTS) is 1. The van der Waals surface area contributed by atoms with Gasteiger partial charge in [-0.3, -0.25) is 4.79 Å². The molecule has 8 heterocycles. The van der Waals surface area contributed by atoms with Crippen molar-refractivity contribution in [3.05, 3.63) is 0 Å². The quantitative estimate of drug-likeness (QED) is 0.107. The molecule has 8 fully saturated rings. The second-order valence-electron chi connectivity index (χ2n) is 25.4. The van der Waals surface area contributed by atoms with Crippen LogP contribution in [0.1, 0.15) is 95.4 Å². The SMILES string of the molecule is CC(=O)NCC1OC(C)C(O)C(O)C1O.CC1CC(N)C(O)C(C)O1.CC1OC(C)C(O)C(N)C1O.CC1OC(CC(=O)[O-])C(O)C(O)C1O.CC1OC(CO)C(O)C(O)C1O.CC1OC(CO)C(O)C(O)C1O.CC1OC(CO)C(O)C(O)C1O.CC1OC(CO)C(O)CC1O. The van der Waals surface area contributed by atoms with Crippen LogP contribution in [0.3, 0.4) is 0 Å². The van der Waals surface area contributed by atoms with Crippen LogP contribution in [0.4, 0.5) is 0 Å². The van der Waals surface area contributed by atoms with Gasteiger partial charge in [0.15, 0.2) is 0 Å². The first kappa shape index (κ1) is 92.6. The van der Waals surface area contributed by atoms with E-state index in [1.165, 1.54) is 13.8 Å². The van der Waals surface area contributed by atoms with Crippen molar-refractivity contribution in [1.29, 1.82) is 0 Å². The van der Waals surface area contributed by atoms with Crippen molar-refractivity contribution in [2.45, 2.75) is 327 Å². The molecule has 0 aliphatic carbocycles. The number of carbonyl (C=O) groups is 2. The van der Waals surface area contributed by atoms with Gasteiger partial charge in [-0.25, -0.2) is 0 Å². The maximum absolute atomic E-state index is 10.7. The van der Waals surface area contributed by atoms with Gasteiger partial charge in [0.25, 0.3) is 0 Å². The highest BCUT2D eigenvalue weighted by Gasteiger charge is 2.46. The number of nitrogens with one attached hydrogen (secondary N) is 1.